The first-order valence-electron chi connectivity index (χ1n) is 8.93. The van der Waals surface area contributed by atoms with E-state index in [9.17, 15) is 9.59 Å². The Morgan fingerprint density at radius 2 is 2.04 bits per heavy atom. The number of carboxylic acid groups (broad SMARTS) is 1. The summed E-state index contributed by atoms with van der Waals surface area (Å²) in [5.41, 5.74) is 2.18. The van der Waals surface area contributed by atoms with Crippen LogP contribution < -0.4 is 10.1 Å². The summed E-state index contributed by atoms with van der Waals surface area (Å²) in [5.74, 6) is -0.908. The highest BCUT2D eigenvalue weighted by molar-refractivity contribution is 6.04. The van der Waals surface area contributed by atoms with Gasteiger partial charge in [0, 0.05) is 29.3 Å². The number of carbonyl (C=O) groups is 2. The second-order valence-electron chi connectivity index (χ2n) is 6.44. The Morgan fingerprint density at radius 3 is 2.68 bits per heavy atom. The fraction of sp³-hybridized carbons (Fsp3) is 0.286. The molecule has 1 amide bonds. The van der Waals surface area contributed by atoms with Crippen molar-refractivity contribution in [3.63, 3.8) is 0 Å². The lowest BCUT2D eigenvalue weighted by atomic mass is 9.90. The van der Waals surface area contributed by atoms with Gasteiger partial charge in [0.2, 0.25) is 0 Å². The minimum Gasteiger partial charge on any atom is -0.493 e. The molecule has 0 bridgehead atoms. The molecule has 0 aliphatic carbocycles. The van der Waals surface area contributed by atoms with Crippen LogP contribution in [0.5, 0.6) is 5.75 Å². The Balaban J connectivity index is 1.82. The molecule has 0 fully saturated rings. The largest absolute Gasteiger partial charge is 0.493 e. The Labute approximate surface area is 162 Å². The van der Waals surface area contributed by atoms with Crippen LogP contribution in [0.15, 0.2) is 42.5 Å². The number of carbonyl (C=O) groups excluding carboxylic acids is 1. The molecule has 2 aromatic rings. The van der Waals surface area contributed by atoms with Crippen molar-refractivity contribution in [3.8, 4) is 11.8 Å². The zero-order valence-corrected chi connectivity index (χ0v) is 15.3. The number of aliphatic carboxylic acids is 1. The molecule has 144 valence electrons. The Hall–Kier alpha value is -3.37. The highest BCUT2D eigenvalue weighted by Crippen LogP contribution is 2.40. The van der Waals surface area contributed by atoms with E-state index in [-0.39, 0.29) is 24.9 Å². The first-order chi connectivity index (χ1) is 13.5. The zero-order chi connectivity index (χ0) is 20.1. The number of rotatable bonds is 6. The van der Waals surface area contributed by atoms with Crippen LogP contribution in [0.25, 0.3) is 0 Å². The van der Waals surface area contributed by atoms with Crippen LogP contribution >= 0.6 is 0 Å². The van der Waals surface area contributed by atoms with Crippen molar-refractivity contribution < 1.29 is 24.2 Å². The first-order valence-corrected chi connectivity index (χ1v) is 8.93. The molecule has 3 rings (SSSR count). The van der Waals surface area contributed by atoms with E-state index < -0.39 is 12.1 Å². The summed E-state index contributed by atoms with van der Waals surface area (Å²) >= 11 is 0. The predicted octanol–water partition coefficient (Wildman–Crippen LogP) is 3.37. The SMILES string of the molecule is CCOC1c2cc(NC(=O)c3ccc(C#N)cc3)ccc2OCC1CC(=O)O. The third-order valence-corrected chi connectivity index (χ3v) is 4.51. The molecule has 1 aliphatic rings. The first kappa shape index (κ1) is 19.4. The van der Waals surface area contributed by atoms with Gasteiger partial charge in [0.1, 0.15) is 5.75 Å². The number of hydrogen-bond acceptors (Lipinski definition) is 5. The van der Waals surface area contributed by atoms with Gasteiger partial charge in [0.15, 0.2) is 0 Å². The molecule has 1 aliphatic heterocycles. The van der Waals surface area contributed by atoms with Crippen LogP contribution in [-0.4, -0.2) is 30.2 Å². The predicted molar refractivity (Wildman–Crippen MR) is 101 cm³/mol. The van der Waals surface area contributed by atoms with E-state index in [1.165, 1.54) is 0 Å². The molecular weight excluding hydrogens is 360 g/mol. The Kier molecular flexibility index (Phi) is 5.92. The minimum absolute atomic E-state index is 0.0636. The van der Waals surface area contributed by atoms with Gasteiger partial charge < -0.3 is 19.9 Å². The molecule has 2 unspecified atom stereocenters. The molecule has 2 aromatic carbocycles. The number of nitrogens with zero attached hydrogens (tertiary/aromatic N) is 1. The highest BCUT2D eigenvalue weighted by atomic mass is 16.5. The lowest BCUT2D eigenvalue weighted by Crippen LogP contribution is -2.30. The van der Waals surface area contributed by atoms with Gasteiger partial charge in [0.25, 0.3) is 5.91 Å². The van der Waals surface area contributed by atoms with Gasteiger partial charge in [-0.2, -0.15) is 5.26 Å². The molecular formula is C21H20N2O5. The van der Waals surface area contributed by atoms with Gasteiger partial charge in [-0.3, -0.25) is 9.59 Å². The van der Waals surface area contributed by atoms with Gasteiger partial charge >= 0.3 is 5.97 Å². The van der Waals surface area contributed by atoms with Gasteiger partial charge in [-0.15, -0.1) is 0 Å². The summed E-state index contributed by atoms with van der Waals surface area (Å²) in [7, 11) is 0. The van der Waals surface area contributed by atoms with Crippen LogP contribution in [0.1, 0.15) is 40.9 Å². The molecule has 1 heterocycles. The second-order valence-corrected chi connectivity index (χ2v) is 6.44. The van der Waals surface area contributed by atoms with Crippen molar-refractivity contribution in [3.05, 3.63) is 59.2 Å². The average Bonchev–Trinajstić information content (AvgIpc) is 2.69. The third kappa shape index (κ3) is 4.30. The number of benzene rings is 2. The number of fused-ring (bicyclic) bond motifs is 1. The van der Waals surface area contributed by atoms with Crippen molar-refractivity contribution in [2.75, 3.05) is 18.5 Å². The zero-order valence-electron chi connectivity index (χ0n) is 15.3. The molecule has 7 nitrogen and oxygen atoms in total. The monoisotopic (exact) mass is 380 g/mol. The summed E-state index contributed by atoms with van der Waals surface area (Å²) in [6, 6.07) is 13.6. The van der Waals surface area contributed by atoms with Crippen LogP contribution in [-0.2, 0) is 9.53 Å². The van der Waals surface area contributed by atoms with Gasteiger partial charge in [-0.1, -0.05) is 0 Å². The number of nitriles is 1. The molecule has 0 radical (unpaired) electrons. The van der Waals surface area contributed by atoms with E-state index in [1.54, 1.807) is 42.5 Å². The Bertz CT molecular complexity index is 917. The van der Waals surface area contributed by atoms with Crippen molar-refractivity contribution >= 4 is 17.6 Å². The topological polar surface area (TPSA) is 109 Å². The van der Waals surface area contributed by atoms with Crippen molar-refractivity contribution in [2.45, 2.75) is 19.4 Å². The highest BCUT2D eigenvalue weighted by Gasteiger charge is 2.33. The normalized spacial score (nSPS) is 17.7. The molecule has 0 aromatic heterocycles. The summed E-state index contributed by atoms with van der Waals surface area (Å²) in [6.45, 7) is 2.55. The summed E-state index contributed by atoms with van der Waals surface area (Å²) < 4.78 is 11.5. The fourth-order valence-corrected chi connectivity index (χ4v) is 3.21. The smallest absolute Gasteiger partial charge is 0.303 e. The third-order valence-electron chi connectivity index (χ3n) is 4.51. The van der Waals surface area contributed by atoms with E-state index in [4.69, 9.17) is 19.8 Å². The molecule has 0 spiro atoms. The van der Waals surface area contributed by atoms with Crippen LogP contribution in [0, 0.1) is 17.2 Å². The lowest BCUT2D eigenvalue weighted by Gasteiger charge is -2.33. The quantitative estimate of drug-likeness (QED) is 0.795. The van der Waals surface area contributed by atoms with Crippen molar-refractivity contribution in [1.29, 1.82) is 5.26 Å². The lowest BCUT2D eigenvalue weighted by molar-refractivity contribution is -0.140. The number of anilines is 1. The van der Waals surface area contributed by atoms with E-state index in [2.05, 4.69) is 5.32 Å². The summed E-state index contributed by atoms with van der Waals surface area (Å²) in [4.78, 5) is 23.6. The van der Waals surface area contributed by atoms with Crippen molar-refractivity contribution in [2.24, 2.45) is 5.92 Å². The van der Waals surface area contributed by atoms with Crippen LogP contribution in [0.2, 0.25) is 0 Å². The summed E-state index contributed by atoms with van der Waals surface area (Å²) in [5, 5.41) is 20.8. The maximum atomic E-state index is 12.5. The molecule has 28 heavy (non-hydrogen) atoms. The van der Waals surface area contributed by atoms with E-state index in [0.717, 1.165) is 5.56 Å². The molecule has 0 saturated heterocycles. The molecule has 7 heteroatoms. The molecule has 2 N–H and O–H groups in total. The minimum atomic E-state index is -0.910. The summed E-state index contributed by atoms with van der Waals surface area (Å²) in [6.07, 6.45) is -0.483. The van der Waals surface area contributed by atoms with Crippen molar-refractivity contribution in [1.82, 2.24) is 0 Å². The van der Waals surface area contributed by atoms with Gasteiger partial charge in [-0.05, 0) is 49.4 Å². The van der Waals surface area contributed by atoms with E-state index in [0.29, 0.717) is 29.2 Å². The standard InChI is InChI=1S/C21H20N2O5/c1-2-27-20-15(9-19(24)25)12-28-18-8-7-16(10-17(18)20)23-21(26)14-5-3-13(11-22)4-6-14/h3-8,10,15,20H,2,9,12H2,1H3,(H,23,26)(H,24,25). The average molecular weight is 380 g/mol. The maximum Gasteiger partial charge on any atom is 0.303 e. The number of amides is 1. The van der Waals surface area contributed by atoms with E-state index >= 15 is 0 Å². The second kappa shape index (κ2) is 8.55. The number of nitrogens with one attached hydrogen (secondary N) is 1. The molecule has 0 saturated carbocycles. The number of carboxylic acids is 1. The number of hydrogen-bond donors (Lipinski definition) is 2. The van der Waals surface area contributed by atoms with Gasteiger partial charge in [-0.25, -0.2) is 0 Å². The van der Waals surface area contributed by atoms with Gasteiger partial charge in [0.05, 0.1) is 30.8 Å². The van der Waals surface area contributed by atoms with Crippen LogP contribution in [0.4, 0.5) is 5.69 Å². The Morgan fingerprint density at radius 1 is 1.29 bits per heavy atom. The maximum absolute atomic E-state index is 12.5. The van der Waals surface area contributed by atoms with Crippen LogP contribution in [0.3, 0.4) is 0 Å². The number of ether oxygens (including phenoxy) is 2. The fourth-order valence-electron chi connectivity index (χ4n) is 3.21. The van der Waals surface area contributed by atoms with E-state index in [1.807, 2.05) is 13.0 Å². The molecule has 2 atom stereocenters.